The average Bonchev–Trinajstić information content (AvgIpc) is 3.22. The van der Waals surface area contributed by atoms with Crippen molar-refractivity contribution >= 4 is 35.1 Å². The Morgan fingerprint density at radius 2 is 1.77 bits per heavy atom. The number of carbonyl (C=O) groups excluding carboxylic acids is 4. The van der Waals surface area contributed by atoms with Crippen LogP contribution in [0.4, 0.5) is 16.2 Å². The third kappa shape index (κ3) is 4.04. The summed E-state index contributed by atoms with van der Waals surface area (Å²) in [5, 5.41) is 5.62. The molecule has 160 valence electrons. The van der Waals surface area contributed by atoms with Crippen LogP contribution in [0.2, 0.25) is 0 Å². The molecular weight excluding hydrogens is 384 g/mol. The zero-order valence-corrected chi connectivity index (χ0v) is 17.1. The topological polar surface area (TPSA) is 98.8 Å². The fourth-order valence-electron chi connectivity index (χ4n) is 4.68. The van der Waals surface area contributed by atoms with Gasteiger partial charge in [-0.05, 0) is 37.5 Å². The molecule has 8 nitrogen and oxygen atoms in total. The van der Waals surface area contributed by atoms with Crippen LogP contribution >= 0.6 is 0 Å². The largest absolute Gasteiger partial charge is 0.325 e. The van der Waals surface area contributed by atoms with Crippen molar-refractivity contribution < 1.29 is 19.2 Å². The number of imide groups is 1. The predicted molar refractivity (Wildman–Crippen MR) is 112 cm³/mol. The molecule has 30 heavy (non-hydrogen) atoms. The minimum atomic E-state index is -0.853. The van der Waals surface area contributed by atoms with E-state index >= 15 is 0 Å². The predicted octanol–water partition coefficient (Wildman–Crippen LogP) is 2.79. The highest BCUT2D eigenvalue weighted by Gasteiger charge is 2.50. The number of nitrogens with one attached hydrogen (secondary N) is 2. The van der Waals surface area contributed by atoms with Gasteiger partial charge in [0.1, 0.15) is 12.1 Å². The van der Waals surface area contributed by atoms with Crippen LogP contribution in [0.5, 0.6) is 0 Å². The summed E-state index contributed by atoms with van der Waals surface area (Å²) in [6.07, 6.45) is 7.67. The summed E-state index contributed by atoms with van der Waals surface area (Å²) < 4.78 is 0. The summed E-state index contributed by atoms with van der Waals surface area (Å²) in [5.74, 6) is -0.658. The third-order valence-corrected chi connectivity index (χ3v) is 6.27. The fraction of sp³-hybridized carbons (Fsp3) is 0.545. The lowest BCUT2D eigenvalue weighted by atomic mass is 9.84. The van der Waals surface area contributed by atoms with Gasteiger partial charge in [-0.2, -0.15) is 0 Å². The van der Waals surface area contributed by atoms with Crippen LogP contribution in [0.25, 0.3) is 0 Å². The van der Waals surface area contributed by atoms with Gasteiger partial charge in [0.15, 0.2) is 0 Å². The van der Waals surface area contributed by atoms with E-state index in [-0.39, 0.29) is 18.4 Å². The molecule has 2 aliphatic heterocycles. The Morgan fingerprint density at radius 3 is 2.47 bits per heavy atom. The van der Waals surface area contributed by atoms with Crippen LogP contribution < -0.4 is 15.5 Å². The molecule has 0 unspecified atom stereocenters. The molecule has 5 amide bonds. The highest BCUT2D eigenvalue weighted by Crippen LogP contribution is 2.32. The Labute approximate surface area is 176 Å². The van der Waals surface area contributed by atoms with E-state index in [1.54, 1.807) is 23.1 Å². The van der Waals surface area contributed by atoms with E-state index in [0.29, 0.717) is 31.5 Å². The van der Waals surface area contributed by atoms with Gasteiger partial charge in [0.2, 0.25) is 11.8 Å². The van der Waals surface area contributed by atoms with Crippen molar-refractivity contribution in [2.24, 2.45) is 0 Å². The smallest absolute Gasteiger partial charge is 0.324 e. The van der Waals surface area contributed by atoms with Crippen molar-refractivity contribution in [3.8, 4) is 0 Å². The zero-order chi connectivity index (χ0) is 21.1. The Bertz CT molecular complexity index is 860. The van der Waals surface area contributed by atoms with Crippen molar-refractivity contribution in [3.63, 3.8) is 0 Å². The van der Waals surface area contributed by atoms with Crippen LogP contribution in [0.15, 0.2) is 24.3 Å². The molecule has 1 saturated carbocycles. The summed E-state index contributed by atoms with van der Waals surface area (Å²) >= 11 is 0. The van der Waals surface area contributed by atoms with Crippen LogP contribution in [0.3, 0.4) is 0 Å². The lowest BCUT2D eigenvalue weighted by molar-refractivity contribution is -0.134. The molecule has 2 N–H and O–H groups in total. The highest BCUT2D eigenvalue weighted by atomic mass is 16.2. The molecule has 0 atom stereocenters. The van der Waals surface area contributed by atoms with E-state index in [1.807, 2.05) is 6.07 Å². The first kappa shape index (κ1) is 20.4. The number of nitrogens with zero attached hydrogens (tertiary/aromatic N) is 2. The second kappa shape index (κ2) is 8.45. The molecule has 3 aliphatic rings. The molecular formula is C22H28N4O4. The van der Waals surface area contributed by atoms with E-state index in [9.17, 15) is 19.2 Å². The first-order chi connectivity index (χ1) is 14.5. The molecule has 2 heterocycles. The number of urea groups is 1. The van der Waals surface area contributed by atoms with Crippen molar-refractivity contribution in [1.82, 2.24) is 10.2 Å². The van der Waals surface area contributed by atoms with Gasteiger partial charge < -0.3 is 15.5 Å². The maximum Gasteiger partial charge on any atom is 0.325 e. The second-order valence-electron chi connectivity index (χ2n) is 8.42. The van der Waals surface area contributed by atoms with Crippen LogP contribution in [-0.2, 0) is 14.4 Å². The molecule has 0 bridgehead atoms. The number of benzene rings is 1. The van der Waals surface area contributed by atoms with E-state index < -0.39 is 17.5 Å². The van der Waals surface area contributed by atoms with Gasteiger partial charge in [-0.3, -0.25) is 19.3 Å². The number of hydrogen-bond donors (Lipinski definition) is 2. The van der Waals surface area contributed by atoms with Gasteiger partial charge in [-0.25, -0.2) is 4.79 Å². The van der Waals surface area contributed by atoms with Gasteiger partial charge in [0, 0.05) is 24.3 Å². The Balaban J connectivity index is 1.41. The van der Waals surface area contributed by atoms with E-state index in [4.69, 9.17) is 0 Å². The number of hydrogen-bond acceptors (Lipinski definition) is 4. The number of carbonyl (C=O) groups is 4. The Hall–Kier alpha value is -2.90. The summed E-state index contributed by atoms with van der Waals surface area (Å²) in [6, 6.07) is 6.57. The molecule has 2 saturated heterocycles. The van der Waals surface area contributed by atoms with E-state index in [2.05, 4.69) is 10.6 Å². The highest BCUT2D eigenvalue weighted by molar-refractivity contribution is 6.10. The summed E-state index contributed by atoms with van der Waals surface area (Å²) in [7, 11) is 0. The maximum absolute atomic E-state index is 13.0. The monoisotopic (exact) mass is 412 g/mol. The molecule has 4 rings (SSSR count). The number of amides is 5. The Kier molecular flexibility index (Phi) is 5.74. The SMILES string of the molecule is O=C(CN1C(=O)NC2(CCCCCCC2)C1=O)Nc1cccc(N2CCCC2=O)c1. The van der Waals surface area contributed by atoms with E-state index in [0.717, 1.165) is 49.1 Å². The Morgan fingerprint density at radius 1 is 1.03 bits per heavy atom. The van der Waals surface area contributed by atoms with Crippen molar-refractivity contribution in [2.75, 3.05) is 23.3 Å². The van der Waals surface area contributed by atoms with Gasteiger partial charge in [0.25, 0.3) is 5.91 Å². The summed E-state index contributed by atoms with van der Waals surface area (Å²) in [4.78, 5) is 52.8. The fourth-order valence-corrected chi connectivity index (χ4v) is 4.68. The molecule has 1 aliphatic carbocycles. The number of rotatable bonds is 4. The van der Waals surface area contributed by atoms with Gasteiger partial charge in [-0.1, -0.05) is 38.2 Å². The molecule has 1 aromatic rings. The van der Waals surface area contributed by atoms with Crippen LogP contribution in [0, 0.1) is 0 Å². The van der Waals surface area contributed by atoms with Crippen molar-refractivity contribution in [2.45, 2.75) is 63.3 Å². The minimum absolute atomic E-state index is 0.0716. The normalized spacial score (nSPS) is 21.5. The third-order valence-electron chi connectivity index (χ3n) is 6.27. The van der Waals surface area contributed by atoms with Gasteiger partial charge in [0.05, 0.1) is 0 Å². The maximum atomic E-state index is 13.0. The van der Waals surface area contributed by atoms with Gasteiger partial charge >= 0.3 is 6.03 Å². The molecule has 3 fully saturated rings. The van der Waals surface area contributed by atoms with Crippen molar-refractivity contribution in [1.29, 1.82) is 0 Å². The molecule has 0 radical (unpaired) electrons. The standard InChI is InChI=1S/C22H28N4O4/c27-18(23-16-8-6-9-17(14-16)25-13-7-10-19(25)28)15-26-20(29)22(24-21(26)30)11-4-2-1-3-5-12-22/h6,8-9,14H,1-5,7,10-13,15H2,(H,23,27)(H,24,30). The lowest BCUT2D eigenvalue weighted by Gasteiger charge is -2.28. The lowest BCUT2D eigenvalue weighted by Crippen LogP contribution is -2.47. The number of anilines is 2. The molecule has 1 spiro atoms. The zero-order valence-electron chi connectivity index (χ0n) is 17.1. The first-order valence-corrected chi connectivity index (χ1v) is 10.8. The second-order valence-corrected chi connectivity index (χ2v) is 8.42. The minimum Gasteiger partial charge on any atom is -0.324 e. The van der Waals surface area contributed by atoms with Gasteiger partial charge in [-0.15, -0.1) is 0 Å². The first-order valence-electron chi connectivity index (χ1n) is 10.8. The summed E-state index contributed by atoms with van der Waals surface area (Å²) in [5.41, 5.74) is 0.414. The summed E-state index contributed by atoms with van der Waals surface area (Å²) in [6.45, 7) is 0.347. The van der Waals surface area contributed by atoms with Crippen LogP contribution in [0.1, 0.15) is 57.8 Å². The quantitative estimate of drug-likeness (QED) is 0.743. The molecule has 1 aromatic carbocycles. The van der Waals surface area contributed by atoms with Crippen LogP contribution in [-0.4, -0.2) is 47.3 Å². The molecule has 0 aromatic heterocycles. The average molecular weight is 412 g/mol. The molecule has 8 heteroatoms. The van der Waals surface area contributed by atoms with E-state index in [1.165, 1.54) is 0 Å². The van der Waals surface area contributed by atoms with Crippen molar-refractivity contribution in [3.05, 3.63) is 24.3 Å².